The van der Waals surface area contributed by atoms with Crippen LogP contribution in [0.15, 0.2) is 28.3 Å². The number of rotatable bonds is 3. The summed E-state index contributed by atoms with van der Waals surface area (Å²) in [7, 11) is 1.67. The van der Waals surface area contributed by atoms with Crippen molar-refractivity contribution in [1.29, 1.82) is 0 Å². The van der Waals surface area contributed by atoms with Crippen LogP contribution in [0.5, 0.6) is 0 Å². The van der Waals surface area contributed by atoms with Gasteiger partial charge in [-0.25, -0.2) is 0 Å². The minimum absolute atomic E-state index is 0.202. The van der Waals surface area contributed by atoms with E-state index in [9.17, 15) is 0 Å². The van der Waals surface area contributed by atoms with Gasteiger partial charge >= 0.3 is 0 Å². The first kappa shape index (κ1) is 17.6. The standard InChI is InChI=1S/C19H29N5O3/c1-11-7-13-8-14-9-15(16(13)14)19(11)25-18(26-27-19)5-3-12(4-6-18)10-22-17(20)23-24(2)21/h7,9,11-12,15-16H,3-6,8,10,21H2,1-2H3,(H3,20,22,23). The summed E-state index contributed by atoms with van der Waals surface area (Å²) in [6.07, 6.45) is 9.40. The summed E-state index contributed by atoms with van der Waals surface area (Å²) in [6.45, 7) is 2.86. The summed E-state index contributed by atoms with van der Waals surface area (Å²) in [6, 6.07) is 0. The maximum absolute atomic E-state index is 6.63. The maximum atomic E-state index is 6.63. The summed E-state index contributed by atoms with van der Waals surface area (Å²) in [5.41, 5.74) is 11.7. The van der Waals surface area contributed by atoms with Crippen LogP contribution in [0.3, 0.4) is 0 Å². The number of aliphatic imine (C=N–C) groups is 1. The van der Waals surface area contributed by atoms with Crippen LogP contribution in [-0.2, 0) is 14.5 Å². The van der Waals surface area contributed by atoms with Crippen molar-refractivity contribution in [2.24, 2.45) is 40.2 Å². The topological polar surface area (TPSA) is 107 Å². The lowest BCUT2D eigenvalue weighted by molar-refractivity contribution is -0.371. The van der Waals surface area contributed by atoms with E-state index >= 15 is 0 Å². The number of allylic oxidation sites excluding steroid dienone is 2. The largest absolute Gasteiger partial charge is 0.369 e. The summed E-state index contributed by atoms with van der Waals surface area (Å²) in [5, 5.41) is 1.29. The van der Waals surface area contributed by atoms with Crippen molar-refractivity contribution in [3.8, 4) is 0 Å². The van der Waals surface area contributed by atoms with Crippen LogP contribution >= 0.6 is 0 Å². The van der Waals surface area contributed by atoms with Crippen LogP contribution in [0.4, 0.5) is 0 Å². The summed E-state index contributed by atoms with van der Waals surface area (Å²) >= 11 is 0. The molecule has 2 saturated carbocycles. The van der Waals surface area contributed by atoms with Crippen molar-refractivity contribution in [2.75, 3.05) is 13.6 Å². The van der Waals surface area contributed by atoms with Gasteiger partial charge in [0.05, 0.1) is 0 Å². The summed E-state index contributed by atoms with van der Waals surface area (Å²) in [5.74, 6) is 6.08. The molecule has 5 rings (SSSR count). The number of nitrogens with one attached hydrogen (secondary N) is 1. The van der Waals surface area contributed by atoms with E-state index in [0.29, 0.717) is 30.3 Å². The molecule has 4 unspecified atom stereocenters. The highest BCUT2D eigenvalue weighted by molar-refractivity contribution is 5.77. The van der Waals surface area contributed by atoms with E-state index in [2.05, 4.69) is 29.5 Å². The second kappa shape index (κ2) is 6.02. The van der Waals surface area contributed by atoms with Gasteiger partial charge in [0.2, 0.25) is 17.5 Å². The first-order valence-corrected chi connectivity index (χ1v) is 9.94. The highest BCUT2D eigenvalue weighted by Gasteiger charge is 2.66. The normalized spacial score (nSPS) is 45.3. The number of fused-ring (bicyclic) bond motifs is 1. The minimum atomic E-state index is -0.650. The molecule has 148 valence electrons. The molecule has 27 heavy (non-hydrogen) atoms. The first-order chi connectivity index (χ1) is 12.9. The van der Waals surface area contributed by atoms with Gasteiger partial charge in [0.15, 0.2) is 0 Å². The minimum Gasteiger partial charge on any atom is -0.369 e. The van der Waals surface area contributed by atoms with E-state index in [1.165, 1.54) is 5.12 Å². The molecule has 1 heterocycles. The second-order valence-corrected chi connectivity index (χ2v) is 8.74. The zero-order valence-electron chi connectivity index (χ0n) is 16.0. The molecule has 0 aromatic heterocycles. The number of hydrogen-bond donors (Lipinski definition) is 3. The first-order valence-electron chi connectivity index (χ1n) is 9.94. The Morgan fingerprint density at radius 1 is 1.30 bits per heavy atom. The molecule has 4 atom stereocenters. The van der Waals surface area contributed by atoms with E-state index in [4.69, 9.17) is 26.1 Å². The van der Waals surface area contributed by atoms with E-state index in [-0.39, 0.29) is 5.92 Å². The van der Waals surface area contributed by atoms with Gasteiger partial charge in [-0.3, -0.25) is 16.3 Å². The van der Waals surface area contributed by atoms with Gasteiger partial charge in [0.25, 0.3) is 0 Å². The van der Waals surface area contributed by atoms with Crippen LogP contribution in [0.2, 0.25) is 0 Å². The molecule has 1 aliphatic heterocycles. The third-order valence-corrected chi connectivity index (χ3v) is 6.87. The molecule has 3 fully saturated rings. The van der Waals surface area contributed by atoms with E-state index in [0.717, 1.165) is 32.1 Å². The van der Waals surface area contributed by atoms with E-state index in [1.807, 2.05) is 0 Å². The Balaban J connectivity index is 1.21. The SMILES string of the molecule is CC1C=C2CC3=CC(C23)C12OOC1(CCC(CN=C(N)NN(C)N)CC1)O2. The smallest absolute Gasteiger partial charge is 0.217 e. The molecule has 4 aliphatic carbocycles. The summed E-state index contributed by atoms with van der Waals surface area (Å²) < 4.78 is 6.63. The number of ether oxygens (including phenoxy) is 1. The lowest BCUT2D eigenvalue weighted by Crippen LogP contribution is -2.58. The highest BCUT2D eigenvalue weighted by atomic mass is 17.3. The Bertz CT molecular complexity index is 725. The monoisotopic (exact) mass is 375 g/mol. The Morgan fingerprint density at radius 3 is 2.74 bits per heavy atom. The molecule has 0 radical (unpaired) electrons. The average molecular weight is 375 g/mol. The van der Waals surface area contributed by atoms with Gasteiger partial charge in [-0.15, -0.1) is 0 Å². The van der Waals surface area contributed by atoms with Crippen LogP contribution < -0.4 is 17.0 Å². The van der Waals surface area contributed by atoms with Gasteiger partial charge in [0, 0.05) is 44.2 Å². The van der Waals surface area contributed by atoms with Crippen molar-refractivity contribution in [2.45, 2.75) is 50.6 Å². The zero-order valence-corrected chi connectivity index (χ0v) is 16.0. The quantitative estimate of drug-likeness (QED) is 0.171. The van der Waals surface area contributed by atoms with E-state index < -0.39 is 11.6 Å². The predicted octanol–water partition coefficient (Wildman–Crippen LogP) is 1.32. The number of hydrogen-bond acceptors (Lipinski definition) is 6. The molecule has 0 bridgehead atoms. The van der Waals surface area contributed by atoms with Crippen molar-refractivity contribution in [3.63, 3.8) is 0 Å². The molecule has 5 aliphatic rings. The van der Waals surface area contributed by atoms with Crippen LogP contribution in [0, 0.1) is 23.7 Å². The lowest BCUT2D eigenvalue weighted by atomic mass is 9.51. The van der Waals surface area contributed by atoms with Gasteiger partial charge in [-0.2, -0.15) is 14.9 Å². The number of nitrogens with zero attached hydrogens (tertiary/aromatic N) is 2. The second-order valence-electron chi connectivity index (χ2n) is 8.74. The van der Waals surface area contributed by atoms with Gasteiger partial charge < -0.3 is 10.5 Å². The molecule has 1 saturated heterocycles. The molecular weight excluding hydrogens is 346 g/mol. The number of guanidine groups is 1. The molecule has 8 nitrogen and oxygen atoms in total. The number of hydrazine groups is 2. The zero-order chi connectivity index (χ0) is 18.8. The van der Waals surface area contributed by atoms with Crippen LogP contribution in [-0.4, -0.2) is 36.2 Å². The molecular formula is C19H29N5O3. The Kier molecular flexibility index (Phi) is 3.93. The highest BCUT2D eigenvalue weighted by Crippen LogP contribution is 2.64. The Morgan fingerprint density at radius 2 is 2.04 bits per heavy atom. The van der Waals surface area contributed by atoms with Crippen molar-refractivity contribution < 1.29 is 14.5 Å². The fraction of sp³-hybridized carbons (Fsp3) is 0.737. The molecule has 0 amide bonds. The third kappa shape index (κ3) is 2.66. The van der Waals surface area contributed by atoms with Crippen molar-refractivity contribution in [1.82, 2.24) is 10.5 Å². The predicted molar refractivity (Wildman–Crippen MR) is 99.2 cm³/mol. The third-order valence-electron chi connectivity index (χ3n) is 6.87. The van der Waals surface area contributed by atoms with Gasteiger partial charge in [-0.1, -0.05) is 30.2 Å². The maximum Gasteiger partial charge on any atom is 0.217 e. The summed E-state index contributed by atoms with van der Waals surface area (Å²) in [4.78, 5) is 16.3. The van der Waals surface area contributed by atoms with Crippen LogP contribution in [0.1, 0.15) is 39.0 Å². The van der Waals surface area contributed by atoms with Crippen LogP contribution in [0.25, 0.3) is 0 Å². The average Bonchev–Trinajstić information content (AvgIpc) is 2.96. The lowest BCUT2D eigenvalue weighted by Gasteiger charge is -2.57. The molecule has 8 heteroatoms. The van der Waals surface area contributed by atoms with E-state index in [1.54, 1.807) is 18.2 Å². The molecule has 2 spiro atoms. The fourth-order valence-corrected chi connectivity index (χ4v) is 5.33. The molecule has 0 aromatic rings. The number of nitrogens with two attached hydrogens (primary N) is 2. The van der Waals surface area contributed by atoms with Gasteiger partial charge in [0.1, 0.15) is 0 Å². The van der Waals surface area contributed by atoms with Crippen molar-refractivity contribution >= 4 is 5.96 Å². The Hall–Kier alpha value is -1.45. The van der Waals surface area contributed by atoms with Gasteiger partial charge in [-0.05, 0) is 25.2 Å². The van der Waals surface area contributed by atoms with Crippen molar-refractivity contribution in [3.05, 3.63) is 23.3 Å². The fourth-order valence-electron chi connectivity index (χ4n) is 5.33. The molecule has 5 N–H and O–H groups in total. The molecule has 0 aromatic carbocycles. The Labute approximate surface area is 159 Å².